The minimum atomic E-state index is -3.68. The van der Waals surface area contributed by atoms with E-state index in [2.05, 4.69) is 5.16 Å². The Morgan fingerprint density at radius 2 is 1.92 bits per heavy atom. The van der Waals surface area contributed by atoms with E-state index in [1.807, 2.05) is 13.8 Å². The molecule has 1 aromatic carbocycles. The molecule has 3 rings (SSSR count). The first-order valence-electron chi connectivity index (χ1n) is 8.06. The van der Waals surface area contributed by atoms with Gasteiger partial charge in [-0.2, -0.15) is 4.31 Å². The highest BCUT2D eigenvalue weighted by Crippen LogP contribution is 2.40. The van der Waals surface area contributed by atoms with Crippen molar-refractivity contribution in [2.75, 3.05) is 20.8 Å². The fourth-order valence-corrected chi connectivity index (χ4v) is 5.08. The van der Waals surface area contributed by atoms with Crippen LogP contribution in [-0.2, 0) is 10.0 Å². The molecule has 0 bridgehead atoms. The molecule has 0 N–H and O–H groups in total. The second kappa shape index (κ2) is 6.68. The van der Waals surface area contributed by atoms with E-state index < -0.39 is 10.0 Å². The quantitative estimate of drug-likeness (QED) is 0.809. The lowest BCUT2D eigenvalue weighted by molar-refractivity contribution is 0.353. The number of rotatable bonds is 5. The highest BCUT2D eigenvalue weighted by molar-refractivity contribution is 7.89. The van der Waals surface area contributed by atoms with E-state index in [0.717, 1.165) is 24.1 Å². The number of ether oxygens (including phenoxy) is 2. The van der Waals surface area contributed by atoms with Crippen molar-refractivity contribution in [2.45, 2.75) is 37.6 Å². The van der Waals surface area contributed by atoms with Gasteiger partial charge in [0.1, 0.15) is 5.76 Å². The van der Waals surface area contributed by atoms with Gasteiger partial charge in [0, 0.05) is 18.2 Å². The number of aromatic nitrogens is 1. The predicted molar refractivity (Wildman–Crippen MR) is 91.4 cm³/mol. The summed E-state index contributed by atoms with van der Waals surface area (Å²) in [4.78, 5) is 0.184. The summed E-state index contributed by atoms with van der Waals surface area (Å²) < 4.78 is 43.6. The van der Waals surface area contributed by atoms with Gasteiger partial charge in [0.25, 0.3) is 0 Å². The lowest BCUT2D eigenvalue weighted by atomic mass is 10.0. The van der Waals surface area contributed by atoms with Gasteiger partial charge in [-0.15, -0.1) is 0 Å². The summed E-state index contributed by atoms with van der Waals surface area (Å²) in [5, 5.41) is 3.97. The third kappa shape index (κ3) is 3.00. The summed E-state index contributed by atoms with van der Waals surface area (Å²) in [5.41, 5.74) is 1.60. The second-order valence-corrected chi connectivity index (χ2v) is 7.92. The monoisotopic (exact) mass is 366 g/mol. The molecule has 8 heteroatoms. The van der Waals surface area contributed by atoms with Crippen molar-refractivity contribution in [3.05, 3.63) is 35.2 Å². The van der Waals surface area contributed by atoms with Crippen LogP contribution in [0.3, 0.4) is 0 Å². The van der Waals surface area contributed by atoms with Gasteiger partial charge in [-0.3, -0.25) is 0 Å². The molecule has 2 heterocycles. The summed E-state index contributed by atoms with van der Waals surface area (Å²) in [6, 6.07) is 4.38. The first-order valence-corrected chi connectivity index (χ1v) is 9.50. The van der Waals surface area contributed by atoms with Crippen LogP contribution in [0.5, 0.6) is 11.5 Å². The fourth-order valence-electron chi connectivity index (χ4n) is 3.39. The van der Waals surface area contributed by atoms with Crippen LogP contribution in [0.2, 0.25) is 0 Å². The predicted octanol–water partition coefficient (Wildman–Crippen LogP) is 2.83. The van der Waals surface area contributed by atoms with Gasteiger partial charge in [-0.05, 0) is 38.8 Å². The van der Waals surface area contributed by atoms with Crippen molar-refractivity contribution < 1.29 is 22.4 Å². The Morgan fingerprint density at radius 1 is 1.20 bits per heavy atom. The van der Waals surface area contributed by atoms with Crippen LogP contribution < -0.4 is 9.47 Å². The van der Waals surface area contributed by atoms with Crippen molar-refractivity contribution in [3.8, 4) is 11.5 Å². The van der Waals surface area contributed by atoms with Gasteiger partial charge in [0.15, 0.2) is 11.5 Å². The van der Waals surface area contributed by atoms with Gasteiger partial charge < -0.3 is 14.0 Å². The topological polar surface area (TPSA) is 81.9 Å². The highest BCUT2D eigenvalue weighted by atomic mass is 32.2. The van der Waals surface area contributed by atoms with E-state index in [1.54, 1.807) is 12.1 Å². The van der Waals surface area contributed by atoms with Crippen molar-refractivity contribution in [1.29, 1.82) is 0 Å². The Morgan fingerprint density at radius 3 is 2.52 bits per heavy atom. The molecule has 0 amide bonds. The first kappa shape index (κ1) is 17.8. The van der Waals surface area contributed by atoms with Crippen molar-refractivity contribution in [1.82, 2.24) is 9.46 Å². The molecule has 7 nitrogen and oxygen atoms in total. The van der Waals surface area contributed by atoms with E-state index >= 15 is 0 Å². The third-order valence-electron chi connectivity index (χ3n) is 4.59. The fraction of sp³-hybridized carbons (Fsp3) is 0.471. The molecule has 0 saturated carbocycles. The zero-order valence-electron chi connectivity index (χ0n) is 14.8. The average molecular weight is 366 g/mol. The summed E-state index contributed by atoms with van der Waals surface area (Å²) in [6.45, 7) is 4.12. The Bertz CT molecular complexity index is 856. The molecule has 0 spiro atoms. The summed E-state index contributed by atoms with van der Waals surface area (Å²) in [7, 11) is -0.680. The molecule has 1 atom stereocenters. The first-order chi connectivity index (χ1) is 11.9. The number of aryl methyl sites for hydroxylation is 2. The molecule has 0 aliphatic carbocycles. The van der Waals surface area contributed by atoms with Gasteiger partial charge in [-0.25, -0.2) is 8.42 Å². The van der Waals surface area contributed by atoms with Gasteiger partial charge in [0.05, 0.1) is 30.9 Å². The molecule has 1 unspecified atom stereocenters. The molecule has 1 saturated heterocycles. The number of sulfonamides is 1. The Labute approximate surface area is 147 Å². The highest BCUT2D eigenvalue weighted by Gasteiger charge is 2.39. The number of nitrogens with zero attached hydrogens (tertiary/aromatic N) is 2. The van der Waals surface area contributed by atoms with E-state index in [0.29, 0.717) is 23.8 Å². The molecule has 0 radical (unpaired) electrons. The molecule has 2 aromatic rings. The van der Waals surface area contributed by atoms with E-state index in [4.69, 9.17) is 14.0 Å². The van der Waals surface area contributed by atoms with Crippen molar-refractivity contribution in [2.24, 2.45) is 0 Å². The number of methoxy groups -OCH3 is 2. The molecule has 1 aliphatic heterocycles. The maximum atomic E-state index is 13.2. The number of benzene rings is 1. The van der Waals surface area contributed by atoms with Crippen LogP contribution in [0.4, 0.5) is 0 Å². The van der Waals surface area contributed by atoms with Crippen molar-refractivity contribution in [3.63, 3.8) is 0 Å². The van der Waals surface area contributed by atoms with Crippen LogP contribution in [0.15, 0.2) is 27.6 Å². The molecule has 1 aliphatic rings. The van der Waals surface area contributed by atoms with E-state index in [9.17, 15) is 8.42 Å². The Kier molecular flexibility index (Phi) is 4.75. The molecule has 25 heavy (non-hydrogen) atoms. The largest absolute Gasteiger partial charge is 0.493 e. The maximum Gasteiger partial charge on any atom is 0.243 e. The standard InChI is InChI=1S/C17H22N2O5S/c1-11-17(12(2)24-18-11)14-6-5-9-19(14)25(20,21)13-7-8-15(22-3)16(10-13)23-4/h7-8,10,14H,5-6,9H2,1-4H3. The van der Waals surface area contributed by atoms with Gasteiger partial charge in [-0.1, -0.05) is 5.16 Å². The van der Waals surface area contributed by atoms with Crippen LogP contribution in [-0.4, -0.2) is 38.6 Å². The zero-order chi connectivity index (χ0) is 18.2. The molecule has 1 aromatic heterocycles. The van der Waals surface area contributed by atoms with Gasteiger partial charge >= 0.3 is 0 Å². The lowest BCUT2D eigenvalue weighted by Gasteiger charge is -2.24. The average Bonchev–Trinajstić information content (AvgIpc) is 3.20. The minimum absolute atomic E-state index is 0.184. The third-order valence-corrected chi connectivity index (χ3v) is 6.49. The summed E-state index contributed by atoms with van der Waals surface area (Å²) in [6.07, 6.45) is 1.54. The molecular formula is C17H22N2O5S. The minimum Gasteiger partial charge on any atom is -0.493 e. The molecular weight excluding hydrogens is 344 g/mol. The molecule has 1 fully saturated rings. The number of hydrogen-bond donors (Lipinski definition) is 0. The van der Waals surface area contributed by atoms with E-state index in [-0.39, 0.29) is 10.9 Å². The lowest BCUT2D eigenvalue weighted by Crippen LogP contribution is -2.31. The van der Waals surface area contributed by atoms with Crippen LogP contribution in [0.25, 0.3) is 0 Å². The SMILES string of the molecule is COc1ccc(S(=O)(=O)N2CCCC2c2c(C)noc2C)cc1OC. The number of hydrogen-bond acceptors (Lipinski definition) is 6. The Balaban J connectivity index is 2.02. The summed E-state index contributed by atoms with van der Waals surface area (Å²) in [5.74, 6) is 1.54. The van der Waals surface area contributed by atoms with E-state index in [1.165, 1.54) is 24.6 Å². The van der Waals surface area contributed by atoms with Crippen molar-refractivity contribution >= 4 is 10.0 Å². The van der Waals surface area contributed by atoms with Crippen LogP contribution in [0.1, 0.15) is 35.9 Å². The summed E-state index contributed by atoms with van der Waals surface area (Å²) >= 11 is 0. The normalized spacial score (nSPS) is 18.5. The van der Waals surface area contributed by atoms with Crippen LogP contribution in [0, 0.1) is 13.8 Å². The smallest absolute Gasteiger partial charge is 0.243 e. The molecule has 136 valence electrons. The Hall–Kier alpha value is -2.06. The van der Waals surface area contributed by atoms with Gasteiger partial charge in [0.2, 0.25) is 10.0 Å². The second-order valence-electron chi connectivity index (χ2n) is 6.03. The maximum absolute atomic E-state index is 13.2. The zero-order valence-corrected chi connectivity index (χ0v) is 15.6. The van der Waals surface area contributed by atoms with Crippen LogP contribution >= 0.6 is 0 Å².